The van der Waals surface area contributed by atoms with Crippen molar-refractivity contribution in [3.63, 3.8) is 0 Å². The van der Waals surface area contributed by atoms with Crippen LogP contribution in [0.4, 0.5) is 11.4 Å². The van der Waals surface area contributed by atoms with E-state index in [0.29, 0.717) is 16.9 Å². The molecule has 2 aromatic carbocycles. The highest BCUT2D eigenvalue weighted by atomic mass is 32.2. The number of carbonyl (C=O) groups is 2. The van der Waals surface area contributed by atoms with E-state index in [0.717, 1.165) is 17.8 Å². The Bertz CT molecular complexity index is 1100. The molecule has 3 aromatic rings. The van der Waals surface area contributed by atoms with Gasteiger partial charge in [-0.05, 0) is 59.8 Å². The maximum absolute atomic E-state index is 12.4. The standard InChI is InChI=1S/C22H22N2O4S2/c1-2-16-5-9-19(10-6-16)24-22(26)17-7-11-18(12-8-17)23-20(25)13-15-30(27,28)21-4-3-14-29-21/h3-12,14H,2,13,15H2,1H3,(H,23,25)(H,24,26). The van der Waals surface area contributed by atoms with Crippen molar-refractivity contribution in [1.82, 2.24) is 0 Å². The van der Waals surface area contributed by atoms with Crippen molar-refractivity contribution in [2.24, 2.45) is 0 Å². The van der Waals surface area contributed by atoms with E-state index in [2.05, 4.69) is 17.6 Å². The Hall–Kier alpha value is -2.97. The molecule has 2 N–H and O–H groups in total. The second-order valence-electron chi connectivity index (χ2n) is 6.63. The molecule has 0 unspecified atom stereocenters. The van der Waals surface area contributed by atoms with Gasteiger partial charge < -0.3 is 10.6 Å². The van der Waals surface area contributed by atoms with Gasteiger partial charge in [-0.1, -0.05) is 25.1 Å². The molecule has 1 aromatic heterocycles. The minimum atomic E-state index is -3.45. The zero-order chi connectivity index (χ0) is 21.6. The van der Waals surface area contributed by atoms with E-state index >= 15 is 0 Å². The summed E-state index contributed by atoms with van der Waals surface area (Å²) in [6, 6.07) is 17.3. The Balaban J connectivity index is 1.53. The third-order valence-corrected chi connectivity index (χ3v) is 7.65. The van der Waals surface area contributed by atoms with Gasteiger partial charge >= 0.3 is 0 Å². The van der Waals surface area contributed by atoms with Crippen molar-refractivity contribution in [2.45, 2.75) is 24.0 Å². The van der Waals surface area contributed by atoms with Crippen LogP contribution in [0.25, 0.3) is 0 Å². The van der Waals surface area contributed by atoms with Gasteiger partial charge in [0.15, 0.2) is 9.84 Å². The highest BCUT2D eigenvalue weighted by Gasteiger charge is 2.17. The van der Waals surface area contributed by atoms with E-state index in [1.54, 1.807) is 35.7 Å². The number of carbonyl (C=O) groups excluding carboxylic acids is 2. The SMILES string of the molecule is CCc1ccc(NC(=O)c2ccc(NC(=O)CCS(=O)(=O)c3cccs3)cc2)cc1. The molecule has 0 saturated heterocycles. The molecule has 8 heteroatoms. The summed E-state index contributed by atoms with van der Waals surface area (Å²) < 4.78 is 24.5. The summed E-state index contributed by atoms with van der Waals surface area (Å²) in [6.07, 6.45) is 0.789. The fraction of sp³-hybridized carbons (Fsp3) is 0.182. The smallest absolute Gasteiger partial charge is 0.255 e. The molecule has 0 radical (unpaired) electrons. The molecule has 6 nitrogen and oxygen atoms in total. The van der Waals surface area contributed by atoms with Gasteiger partial charge in [0.2, 0.25) is 5.91 Å². The van der Waals surface area contributed by atoms with Crippen LogP contribution in [0.2, 0.25) is 0 Å². The number of aryl methyl sites for hydroxylation is 1. The summed E-state index contributed by atoms with van der Waals surface area (Å²) in [5, 5.41) is 7.17. The average Bonchev–Trinajstić information content (AvgIpc) is 3.29. The number of hydrogen-bond donors (Lipinski definition) is 2. The highest BCUT2D eigenvalue weighted by Crippen LogP contribution is 2.19. The van der Waals surface area contributed by atoms with Crippen LogP contribution in [-0.4, -0.2) is 26.0 Å². The zero-order valence-corrected chi connectivity index (χ0v) is 18.1. The number of nitrogens with one attached hydrogen (secondary N) is 2. The van der Waals surface area contributed by atoms with Crippen LogP contribution in [-0.2, 0) is 21.1 Å². The van der Waals surface area contributed by atoms with E-state index in [1.165, 1.54) is 11.6 Å². The lowest BCUT2D eigenvalue weighted by atomic mass is 10.1. The molecule has 30 heavy (non-hydrogen) atoms. The number of anilines is 2. The number of benzene rings is 2. The minimum Gasteiger partial charge on any atom is -0.326 e. The third kappa shape index (κ3) is 5.77. The molecule has 0 bridgehead atoms. The number of thiophene rings is 1. The maximum Gasteiger partial charge on any atom is 0.255 e. The van der Waals surface area contributed by atoms with Crippen LogP contribution in [0.5, 0.6) is 0 Å². The molecule has 0 atom stereocenters. The summed E-state index contributed by atoms with van der Waals surface area (Å²) in [4.78, 5) is 24.5. The topological polar surface area (TPSA) is 92.3 Å². The monoisotopic (exact) mass is 442 g/mol. The molecule has 0 fully saturated rings. The quantitative estimate of drug-likeness (QED) is 0.542. The van der Waals surface area contributed by atoms with Gasteiger partial charge in [-0.15, -0.1) is 11.3 Å². The first kappa shape index (κ1) is 21.7. The summed E-state index contributed by atoms with van der Waals surface area (Å²) in [5.74, 6) is -0.904. The lowest BCUT2D eigenvalue weighted by Crippen LogP contribution is -2.17. The van der Waals surface area contributed by atoms with Gasteiger partial charge in [-0.2, -0.15) is 0 Å². The Labute approximate surface area is 179 Å². The van der Waals surface area contributed by atoms with Gasteiger partial charge in [0.25, 0.3) is 5.91 Å². The van der Waals surface area contributed by atoms with Crippen molar-refractivity contribution >= 4 is 44.4 Å². The summed E-state index contributed by atoms with van der Waals surface area (Å²) >= 11 is 1.13. The molecule has 156 valence electrons. The normalized spacial score (nSPS) is 11.1. The Kier molecular flexibility index (Phi) is 7.02. The number of amides is 2. The first-order valence-electron chi connectivity index (χ1n) is 9.44. The van der Waals surface area contributed by atoms with Gasteiger partial charge in [0.05, 0.1) is 5.75 Å². The highest BCUT2D eigenvalue weighted by molar-refractivity contribution is 7.93. The molecule has 0 aliphatic carbocycles. The predicted molar refractivity (Wildman–Crippen MR) is 120 cm³/mol. The molecule has 0 saturated carbocycles. The van der Waals surface area contributed by atoms with Crippen molar-refractivity contribution in [3.8, 4) is 0 Å². The Morgan fingerprint density at radius 1 is 0.900 bits per heavy atom. The predicted octanol–water partition coefficient (Wildman–Crippen LogP) is 4.37. The summed E-state index contributed by atoms with van der Waals surface area (Å²) in [6.45, 7) is 2.07. The van der Waals surface area contributed by atoms with E-state index in [-0.39, 0.29) is 22.3 Å². The molecule has 3 rings (SSSR count). The van der Waals surface area contributed by atoms with Gasteiger partial charge in [0, 0.05) is 23.4 Å². The zero-order valence-electron chi connectivity index (χ0n) is 16.4. The lowest BCUT2D eigenvalue weighted by molar-refractivity contribution is -0.115. The van der Waals surface area contributed by atoms with Crippen molar-refractivity contribution < 1.29 is 18.0 Å². The van der Waals surface area contributed by atoms with Gasteiger partial charge in [-0.25, -0.2) is 8.42 Å². The van der Waals surface area contributed by atoms with Crippen LogP contribution in [0.15, 0.2) is 70.3 Å². The number of hydrogen-bond acceptors (Lipinski definition) is 5. The van der Waals surface area contributed by atoms with Crippen molar-refractivity contribution in [3.05, 3.63) is 77.2 Å². The molecular formula is C22H22N2O4S2. The molecular weight excluding hydrogens is 420 g/mol. The van der Waals surface area contributed by atoms with E-state index < -0.39 is 15.7 Å². The van der Waals surface area contributed by atoms with Crippen molar-refractivity contribution in [2.75, 3.05) is 16.4 Å². The molecule has 1 heterocycles. The summed E-state index contributed by atoms with van der Waals surface area (Å²) in [7, 11) is -3.45. The fourth-order valence-electron chi connectivity index (χ4n) is 2.72. The van der Waals surface area contributed by atoms with Gasteiger partial charge in [-0.3, -0.25) is 9.59 Å². The van der Waals surface area contributed by atoms with Crippen LogP contribution in [0.3, 0.4) is 0 Å². The van der Waals surface area contributed by atoms with Crippen LogP contribution >= 0.6 is 11.3 Å². The Morgan fingerprint density at radius 2 is 1.53 bits per heavy atom. The van der Waals surface area contributed by atoms with E-state index in [1.807, 2.05) is 24.3 Å². The summed E-state index contributed by atoms with van der Waals surface area (Å²) in [5.41, 5.74) is 2.85. The van der Waals surface area contributed by atoms with Crippen LogP contribution < -0.4 is 10.6 Å². The lowest BCUT2D eigenvalue weighted by Gasteiger charge is -2.08. The number of sulfone groups is 1. The largest absolute Gasteiger partial charge is 0.326 e. The third-order valence-electron chi connectivity index (χ3n) is 4.45. The van der Waals surface area contributed by atoms with E-state index in [4.69, 9.17) is 0 Å². The molecule has 0 spiro atoms. The average molecular weight is 443 g/mol. The fourth-order valence-corrected chi connectivity index (χ4v) is 5.12. The first-order valence-corrected chi connectivity index (χ1v) is 12.0. The van der Waals surface area contributed by atoms with Gasteiger partial charge in [0.1, 0.15) is 4.21 Å². The second kappa shape index (κ2) is 9.69. The maximum atomic E-state index is 12.4. The Morgan fingerprint density at radius 3 is 2.13 bits per heavy atom. The minimum absolute atomic E-state index is 0.143. The molecule has 0 aliphatic heterocycles. The van der Waals surface area contributed by atoms with E-state index in [9.17, 15) is 18.0 Å². The second-order valence-corrected chi connectivity index (χ2v) is 9.91. The van der Waals surface area contributed by atoms with Crippen LogP contribution in [0.1, 0.15) is 29.3 Å². The first-order chi connectivity index (χ1) is 14.4. The van der Waals surface area contributed by atoms with Crippen LogP contribution in [0, 0.1) is 0 Å². The number of rotatable bonds is 8. The van der Waals surface area contributed by atoms with Crippen molar-refractivity contribution in [1.29, 1.82) is 0 Å². The molecule has 0 aliphatic rings. The molecule has 2 amide bonds.